The molecule has 2 unspecified atom stereocenters. The standard InChI is InChI=1S/C24H22O10/c1-12(25)32-18-7-6-15(11-19(18)33-13(2)26)22-21(24(29)31-4)16-9-14(5-8-20(28)30-3)10-17(27)23(16)34-22/h5-11,21-22,27H,1-4H3. The number of methoxy groups -OCH3 is 2. The number of hydrogen-bond acceptors (Lipinski definition) is 10. The molecule has 1 aliphatic rings. The molecule has 1 aliphatic heterocycles. The van der Waals surface area contributed by atoms with Crippen LogP contribution in [-0.2, 0) is 28.7 Å². The smallest absolute Gasteiger partial charge is 0.330 e. The maximum atomic E-state index is 12.7. The highest BCUT2D eigenvalue weighted by molar-refractivity contribution is 5.88. The third-order valence-electron chi connectivity index (χ3n) is 4.87. The van der Waals surface area contributed by atoms with E-state index in [0.29, 0.717) is 16.7 Å². The van der Waals surface area contributed by atoms with Crippen molar-refractivity contribution in [3.63, 3.8) is 0 Å². The van der Waals surface area contributed by atoms with Gasteiger partial charge in [0, 0.05) is 25.5 Å². The van der Waals surface area contributed by atoms with Crippen molar-refractivity contribution < 1.29 is 48.0 Å². The molecule has 178 valence electrons. The monoisotopic (exact) mass is 470 g/mol. The maximum absolute atomic E-state index is 12.7. The van der Waals surface area contributed by atoms with Crippen LogP contribution in [0.3, 0.4) is 0 Å². The number of ether oxygens (including phenoxy) is 5. The molecule has 0 radical (unpaired) electrons. The Bertz CT molecular complexity index is 1180. The predicted molar refractivity (Wildman–Crippen MR) is 116 cm³/mol. The van der Waals surface area contributed by atoms with Crippen LogP contribution in [0.2, 0.25) is 0 Å². The molecule has 0 bridgehead atoms. The number of phenols is 1. The van der Waals surface area contributed by atoms with Crippen molar-refractivity contribution in [3.8, 4) is 23.0 Å². The van der Waals surface area contributed by atoms with Gasteiger partial charge in [-0.2, -0.15) is 0 Å². The normalized spacial score (nSPS) is 16.4. The maximum Gasteiger partial charge on any atom is 0.330 e. The molecule has 34 heavy (non-hydrogen) atoms. The summed E-state index contributed by atoms with van der Waals surface area (Å²) in [4.78, 5) is 47.1. The van der Waals surface area contributed by atoms with Gasteiger partial charge < -0.3 is 28.8 Å². The zero-order chi connectivity index (χ0) is 25.0. The minimum atomic E-state index is -0.998. The molecule has 2 atom stereocenters. The Kier molecular flexibility index (Phi) is 7.20. The average molecular weight is 470 g/mol. The molecule has 0 spiro atoms. The summed E-state index contributed by atoms with van der Waals surface area (Å²) in [6, 6.07) is 7.29. The second-order valence-electron chi connectivity index (χ2n) is 7.25. The second-order valence-corrected chi connectivity index (χ2v) is 7.25. The molecule has 0 fully saturated rings. The molecular weight excluding hydrogens is 448 g/mol. The number of hydrogen-bond donors (Lipinski definition) is 1. The summed E-state index contributed by atoms with van der Waals surface area (Å²) in [6.07, 6.45) is 1.62. The van der Waals surface area contributed by atoms with E-state index >= 15 is 0 Å². The average Bonchev–Trinajstić information content (AvgIpc) is 3.17. The topological polar surface area (TPSA) is 135 Å². The first-order valence-corrected chi connectivity index (χ1v) is 10.0. The zero-order valence-corrected chi connectivity index (χ0v) is 18.8. The lowest BCUT2D eigenvalue weighted by molar-refractivity contribution is -0.144. The Morgan fingerprint density at radius 3 is 2.24 bits per heavy atom. The number of aromatic hydroxyl groups is 1. The molecule has 0 aromatic heterocycles. The fourth-order valence-corrected chi connectivity index (χ4v) is 3.52. The highest BCUT2D eigenvalue weighted by Crippen LogP contribution is 2.52. The van der Waals surface area contributed by atoms with E-state index in [4.69, 9.17) is 18.9 Å². The van der Waals surface area contributed by atoms with E-state index < -0.39 is 35.9 Å². The minimum absolute atomic E-state index is 0.00894. The molecule has 3 rings (SSSR count). The van der Waals surface area contributed by atoms with Gasteiger partial charge in [-0.3, -0.25) is 14.4 Å². The van der Waals surface area contributed by atoms with E-state index in [1.807, 2.05) is 0 Å². The fourth-order valence-electron chi connectivity index (χ4n) is 3.52. The lowest BCUT2D eigenvalue weighted by atomic mass is 9.90. The van der Waals surface area contributed by atoms with Gasteiger partial charge in [0.2, 0.25) is 0 Å². The minimum Gasteiger partial charge on any atom is -0.504 e. The van der Waals surface area contributed by atoms with Crippen LogP contribution in [0.15, 0.2) is 36.4 Å². The number of carbonyl (C=O) groups is 4. The third-order valence-corrected chi connectivity index (χ3v) is 4.87. The Hall–Kier alpha value is -4.34. The summed E-state index contributed by atoms with van der Waals surface area (Å²) in [5.41, 5.74) is 1.15. The highest BCUT2D eigenvalue weighted by Gasteiger charge is 2.43. The highest BCUT2D eigenvalue weighted by atomic mass is 16.6. The second kappa shape index (κ2) is 10.1. The Labute approximate surface area is 194 Å². The van der Waals surface area contributed by atoms with Crippen molar-refractivity contribution in [1.82, 2.24) is 0 Å². The first-order chi connectivity index (χ1) is 16.1. The Morgan fingerprint density at radius 1 is 0.941 bits per heavy atom. The van der Waals surface area contributed by atoms with Crippen molar-refractivity contribution in [1.29, 1.82) is 0 Å². The quantitative estimate of drug-likeness (QED) is 0.381. The SMILES string of the molecule is COC(=O)C=Cc1cc(O)c2c(c1)C(C(=O)OC)C(c1ccc(OC(C)=O)c(OC(C)=O)c1)O2. The summed E-state index contributed by atoms with van der Waals surface area (Å²) < 4.78 is 25.7. The van der Waals surface area contributed by atoms with Crippen LogP contribution in [0.25, 0.3) is 6.08 Å². The van der Waals surface area contributed by atoms with Gasteiger partial charge in [0.15, 0.2) is 23.0 Å². The van der Waals surface area contributed by atoms with E-state index in [0.717, 1.165) is 0 Å². The summed E-state index contributed by atoms with van der Waals surface area (Å²) in [5, 5.41) is 10.5. The molecule has 2 aromatic rings. The number of benzene rings is 2. The molecule has 10 heteroatoms. The Balaban J connectivity index is 2.07. The van der Waals surface area contributed by atoms with Crippen LogP contribution in [0.5, 0.6) is 23.0 Å². The van der Waals surface area contributed by atoms with Gasteiger partial charge in [-0.05, 0) is 41.5 Å². The van der Waals surface area contributed by atoms with Gasteiger partial charge in [0.05, 0.1) is 14.2 Å². The number of carbonyl (C=O) groups excluding carboxylic acids is 4. The van der Waals surface area contributed by atoms with Crippen LogP contribution in [0.1, 0.15) is 42.6 Å². The first-order valence-electron chi connectivity index (χ1n) is 10.0. The molecule has 2 aromatic carbocycles. The molecule has 0 aliphatic carbocycles. The molecular formula is C24H22O10. The number of fused-ring (bicyclic) bond motifs is 1. The molecule has 1 N–H and O–H groups in total. The largest absolute Gasteiger partial charge is 0.504 e. The summed E-state index contributed by atoms with van der Waals surface area (Å²) in [7, 11) is 2.45. The van der Waals surface area contributed by atoms with Crippen molar-refractivity contribution in [2.24, 2.45) is 0 Å². The van der Waals surface area contributed by atoms with E-state index in [9.17, 15) is 24.3 Å². The number of phenolic OH excluding ortho intramolecular Hbond substituents is 1. The third kappa shape index (κ3) is 5.17. The van der Waals surface area contributed by atoms with Gasteiger partial charge in [-0.25, -0.2) is 4.79 Å². The molecule has 10 nitrogen and oxygen atoms in total. The van der Waals surface area contributed by atoms with Crippen molar-refractivity contribution in [3.05, 3.63) is 53.1 Å². The summed E-state index contributed by atoms with van der Waals surface area (Å²) in [5.74, 6) is -3.73. The van der Waals surface area contributed by atoms with Gasteiger partial charge in [-0.1, -0.05) is 6.07 Å². The zero-order valence-electron chi connectivity index (χ0n) is 18.8. The molecule has 0 saturated carbocycles. The van der Waals surface area contributed by atoms with Gasteiger partial charge in [0.1, 0.15) is 12.0 Å². The van der Waals surface area contributed by atoms with Gasteiger partial charge >= 0.3 is 23.9 Å². The van der Waals surface area contributed by atoms with Crippen LogP contribution in [-0.4, -0.2) is 43.2 Å². The van der Waals surface area contributed by atoms with E-state index in [2.05, 4.69) is 4.74 Å². The lowest BCUT2D eigenvalue weighted by Crippen LogP contribution is -2.20. The van der Waals surface area contributed by atoms with E-state index in [1.165, 1.54) is 64.5 Å². The van der Waals surface area contributed by atoms with Gasteiger partial charge in [-0.15, -0.1) is 0 Å². The number of esters is 4. The predicted octanol–water partition coefficient (Wildman–Crippen LogP) is 2.82. The van der Waals surface area contributed by atoms with Crippen molar-refractivity contribution in [2.45, 2.75) is 25.9 Å². The van der Waals surface area contributed by atoms with Crippen molar-refractivity contribution in [2.75, 3.05) is 14.2 Å². The van der Waals surface area contributed by atoms with Crippen molar-refractivity contribution >= 4 is 30.0 Å². The fraction of sp³-hybridized carbons (Fsp3) is 0.250. The molecule has 0 amide bonds. The Morgan fingerprint density at radius 2 is 1.62 bits per heavy atom. The van der Waals surface area contributed by atoms with E-state index in [1.54, 1.807) is 6.07 Å². The van der Waals surface area contributed by atoms with Crippen LogP contribution in [0.4, 0.5) is 0 Å². The van der Waals surface area contributed by atoms with Crippen LogP contribution in [0, 0.1) is 0 Å². The van der Waals surface area contributed by atoms with Gasteiger partial charge in [0.25, 0.3) is 0 Å². The molecule has 1 heterocycles. The van der Waals surface area contributed by atoms with E-state index in [-0.39, 0.29) is 23.0 Å². The first kappa shape index (κ1) is 24.3. The molecule has 0 saturated heterocycles. The van der Waals surface area contributed by atoms with Crippen LogP contribution >= 0.6 is 0 Å². The summed E-state index contributed by atoms with van der Waals surface area (Å²) >= 11 is 0. The van der Waals surface area contributed by atoms with Crippen LogP contribution < -0.4 is 14.2 Å². The lowest BCUT2D eigenvalue weighted by Gasteiger charge is -2.19. The summed E-state index contributed by atoms with van der Waals surface area (Å²) in [6.45, 7) is 2.38. The number of rotatable bonds is 6.